The molecule has 1 unspecified atom stereocenters. The van der Waals surface area contributed by atoms with Gasteiger partial charge in [0.1, 0.15) is 0 Å². The van der Waals surface area contributed by atoms with E-state index in [1.165, 1.54) is 19.3 Å². The maximum atomic E-state index is 11.7. The minimum Gasteiger partial charge on any atom is -0.370 e. The third kappa shape index (κ3) is 3.22. The van der Waals surface area contributed by atoms with Crippen molar-refractivity contribution in [2.24, 2.45) is 17.6 Å². The van der Waals surface area contributed by atoms with E-state index >= 15 is 0 Å². The average Bonchev–Trinajstić information content (AvgIpc) is 2.92. The van der Waals surface area contributed by atoms with Gasteiger partial charge in [0.05, 0.1) is 0 Å². The smallest absolute Gasteiger partial charge is 0.222 e. The molecule has 2 fully saturated rings. The summed E-state index contributed by atoms with van der Waals surface area (Å²) >= 11 is 0. The monoisotopic (exact) mass is 224 g/mol. The van der Waals surface area contributed by atoms with Crippen molar-refractivity contribution in [3.8, 4) is 0 Å². The van der Waals surface area contributed by atoms with E-state index in [-0.39, 0.29) is 11.8 Å². The van der Waals surface area contributed by atoms with E-state index < -0.39 is 0 Å². The number of hydrogen-bond donors (Lipinski definition) is 1. The molecular formula is C12H20N2O2. The standard InChI is InChI=1S/C12H20N2O2/c13-11(15)2-1-5-14-8-10(7-12(14)16)6-9-3-4-9/h9-10H,1-8H2,(H2,13,15). The van der Waals surface area contributed by atoms with E-state index in [2.05, 4.69) is 0 Å². The lowest BCUT2D eigenvalue weighted by molar-refractivity contribution is -0.128. The molecule has 2 amide bonds. The summed E-state index contributed by atoms with van der Waals surface area (Å²) in [4.78, 5) is 24.2. The average molecular weight is 224 g/mol. The molecule has 0 radical (unpaired) electrons. The third-order valence-corrected chi connectivity index (χ3v) is 3.51. The van der Waals surface area contributed by atoms with E-state index in [0.29, 0.717) is 31.7 Å². The summed E-state index contributed by atoms with van der Waals surface area (Å²) in [7, 11) is 0. The molecule has 90 valence electrons. The second-order valence-electron chi connectivity index (χ2n) is 5.16. The van der Waals surface area contributed by atoms with Crippen LogP contribution in [-0.4, -0.2) is 29.8 Å². The van der Waals surface area contributed by atoms with E-state index in [9.17, 15) is 9.59 Å². The van der Waals surface area contributed by atoms with Crippen LogP contribution < -0.4 is 5.73 Å². The number of primary amides is 1. The second-order valence-corrected chi connectivity index (χ2v) is 5.16. The fourth-order valence-electron chi connectivity index (χ4n) is 2.50. The maximum absolute atomic E-state index is 11.7. The normalized spacial score (nSPS) is 25.1. The first-order valence-electron chi connectivity index (χ1n) is 6.21. The molecule has 1 saturated carbocycles. The first kappa shape index (κ1) is 11.4. The molecule has 0 aromatic heterocycles. The van der Waals surface area contributed by atoms with Crippen molar-refractivity contribution in [3.05, 3.63) is 0 Å². The Bertz CT molecular complexity index is 287. The van der Waals surface area contributed by atoms with Gasteiger partial charge in [0.2, 0.25) is 11.8 Å². The largest absolute Gasteiger partial charge is 0.370 e. The zero-order valence-corrected chi connectivity index (χ0v) is 9.65. The number of nitrogens with zero attached hydrogens (tertiary/aromatic N) is 1. The summed E-state index contributed by atoms with van der Waals surface area (Å²) in [5, 5.41) is 0. The van der Waals surface area contributed by atoms with E-state index in [4.69, 9.17) is 5.73 Å². The molecular weight excluding hydrogens is 204 g/mol. The third-order valence-electron chi connectivity index (χ3n) is 3.51. The second kappa shape index (κ2) is 4.85. The van der Waals surface area contributed by atoms with Gasteiger partial charge in [0.15, 0.2) is 0 Å². The van der Waals surface area contributed by atoms with Gasteiger partial charge in [-0.05, 0) is 24.7 Å². The SMILES string of the molecule is NC(=O)CCCN1CC(CC2CC2)CC1=O. The van der Waals surface area contributed by atoms with Crippen molar-refractivity contribution < 1.29 is 9.59 Å². The Kier molecular flexibility index (Phi) is 3.46. The van der Waals surface area contributed by atoms with Crippen LogP contribution in [0.1, 0.15) is 38.5 Å². The number of hydrogen-bond acceptors (Lipinski definition) is 2. The molecule has 1 atom stereocenters. The maximum Gasteiger partial charge on any atom is 0.222 e. The van der Waals surface area contributed by atoms with Crippen molar-refractivity contribution in [1.82, 2.24) is 4.90 Å². The van der Waals surface area contributed by atoms with Gasteiger partial charge >= 0.3 is 0 Å². The topological polar surface area (TPSA) is 63.4 Å². The Morgan fingerprint density at radius 2 is 2.12 bits per heavy atom. The van der Waals surface area contributed by atoms with E-state index in [1.54, 1.807) is 0 Å². The lowest BCUT2D eigenvalue weighted by Crippen LogP contribution is -2.27. The predicted molar refractivity (Wildman–Crippen MR) is 60.5 cm³/mol. The molecule has 2 aliphatic rings. The number of nitrogens with two attached hydrogens (primary N) is 1. The van der Waals surface area contributed by atoms with Gasteiger partial charge in [-0.15, -0.1) is 0 Å². The summed E-state index contributed by atoms with van der Waals surface area (Å²) in [5.74, 6) is 1.44. The van der Waals surface area contributed by atoms with Gasteiger partial charge in [0, 0.05) is 25.9 Å². The quantitative estimate of drug-likeness (QED) is 0.728. The predicted octanol–water partition coefficient (Wildman–Crippen LogP) is 0.900. The van der Waals surface area contributed by atoms with Gasteiger partial charge in [-0.1, -0.05) is 12.8 Å². The Balaban J connectivity index is 1.69. The molecule has 16 heavy (non-hydrogen) atoms. The van der Waals surface area contributed by atoms with Crippen molar-refractivity contribution in [1.29, 1.82) is 0 Å². The van der Waals surface area contributed by atoms with Crippen LogP contribution in [0.15, 0.2) is 0 Å². The fraction of sp³-hybridized carbons (Fsp3) is 0.833. The number of carbonyl (C=O) groups is 2. The number of carbonyl (C=O) groups excluding carboxylic acids is 2. The Labute approximate surface area is 96.2 Å². The van der Waals surface area contributed by atoms with Gasteiger partial charge in [-0.3, -0.25) is 9.59 Å². The molecule has 1 saturated heterocycles. The molecule has 0 aromatic carbocycles. The van der Waals surface area contributed by atoms with Crippen molar-refractivity contribution >= 4 is 11.8 Å². The number of amides is 2. The summed E-state index contributed by atoms with van der Waals surface area (Å²) in [6.07, 6.45) is 5.73. The van der Waals surface area contributed by atoms with Crippen molar-refractivity contribution in [2.75, 3.05) is 13.1 Å². The molecule has 4 nitrogen and oxygen atoms in total. The van der Waals surface area contributed by atoms with E-state index in [0.717, 1.165) is 12.5 Å². The highest BCUT2D eigenvalue weighted by Gasteiger charge is 2.33. The summed E-state index contributed by atoms with van der Waals surface area (Å²) in [5.41, 5.74) is 5.07. The van der Waals surface area contributed by atoms with Crippen LogP contribution >= 0.6 is 0 Å². The summed E-state index contributed by atoms with van der Waals surface area (Å²) < 4.78 is 0. The minimum absolute atomic E-state index is 0.259. The van der Waals surface area contributed by atoms with Crippen LogP contribution in [0.5, 0.6) is 0 Å². The van der Waals surface area contributed by atoms with Gasteiger partial charge in [0.25, 0.3) is 0 Å². The van der Waals surface area contributed by atoms with Crippen LogP contribution in [-0.2, 0) is 9.59 Å². The molecule has 1 heterocycles. The first-order chi connectivity index (χ1) is 7.65. The van der Waals surface area contributed by atoms with Gasteiger partial charge in [-0.2, -0.15) is 0 Å². The molecule has 2 N–H and O–H groups in total. The first-order valence-corrected chi connectivity index (χ1v) is 6.21. The Morgan fingerprint density at radius 1 is 1.38 bits per heavy atom. The molecule has 2 rings (SSSR count). The van der Waals surface area contributed by atoms with Crippen LogP contribution in [0.2, 0.25) is 0 Å². The molecule has 0 spiro atoms. The Morgan fingerprint density at radius 3 is 2.75 bits per heavy atom. The highest BCUT2D eigenvalue weighted by atomic mass is 16.2. The van der Waals surface area contributed by atoms with Crippen molar-refractivity contribution in [3.63, 3.8) is 0 Å². The molecule has 1 aliphatic heterocycles. The van der Waals surface area contributed by atoms with Gasteiger partial charge in [-0.25, -0.2) is 0 Å². The van der Waals surface area contributed by atoms with Crippen LogP contribution in [0.3, 0.4) is 0 Å². The van der Waals surface area contributed by atoms with Crippen LogP contribution in [0.4, 0.5) is 0 Å². The molecule has 0 aromatic rings. The lowest BCUT2D eigenvalue weighted by Gasteiger charge is -2.15. The lowest BCUT2D eigenvalue weighted by atomic mass is 10.0. The minimum atomic E-state index is -0.277. The van der Waals surface area contributed by atoms with Crippen LogP contribution in [0.25, 0.3) is 0 Å². The Hall–Kier alpha value is -1.06. The molecule has 4 heteroatoms. The van der Waals surface area contributed by atoms with Crippen molar-refractivity contribution in [2.45, 2.75) is 38.5 Å². The molecule has 1 aliphatic carbocycles. The summed E-state index contributed by atoms with van der Waals surface area (Å²) in [6, 6.07) is 0. The zero-order valence-electron chi connectivity index (χ0n) is 9.65. The molecule has 0 bridgehead atoms. The fourth-order valence-corrected chi connectivity index (χ4v) is 2.50. The highest BCUT2D eigenvalue weighted by molar-refractivity contribution is 5.78. The van der Waals surface area contributed by atoms with Crippen LogP contribution in [0, 0.1) is 11.8 Å². The number of likely N-dealkylation sites (tertiary alicyclic amines) is 1. The van der Waals surface area contributed by atoms with Gasteiger partial charge < -0.3 is 10.6 Å². The number of rotatable bonds is 6. The van der Waals surface area contributed by atoms with E-state index in [1.807, 2.05) is 4.90 Å². The zero-order chi connectivity index (χ0) is 11.5. The summed E-state index contributed by atoms with van der Waals surface area (Å²) in [6.45, 7) is 1.59. The highest BCUT2D eigenvalue weighted by Crippen LogP contribution is 2.38.